The van der Waals surface area contributed by atoms with Gasteiger partial charge in [-0.2, -0.15) is 23.5 Å². The van der Waals surface area contributed by atoms with Crippen molar-refractivity contribution >= 4 is 17.2 Å². The van der Waals surface area contributed by atoms with Crippen LogP contribution in [-0.2, 0) is 6.18 Å². The van der Waals surface area contributed by atoms with Crippen LogP contribution in [-0.4, -0.2) is 16.1 Å². The number of hydrogen-bond acceptors (Lipinski definition) is 3. The Labute approximate surface area is 128 Å². The summed E-state index contributed by atoms with van der Waals surface area (Å²) in [6, 6.07) is 9.72. The van der Waals surface area contributed by atoms with E-state index in [4.69, 9.17) is 5.26 Å². The van der Waals surface area contributed by atoms with E-state index in [2.05, 4.69) is 5.10 Å². The Morgan fingerprint density at radius 3 is 2.65 bits per heavy atom. The molecule has 0 aliphatic rings. The molecule has 0 atom stereocenters. The Morgan fingerprint density at radius 2 is 2.00 bits per heavy atom. The SMILES string of the molecule is N#Cc1ccc(-n2cc3c(C=O)cccc3n2)c(C(F)(F)F)c1. The van der Waals surface area contributed by atoms with Crippen molar-refractivity contribution in [1.82, 2.24) is 9.78 Å². The molecule has 0 bridgehead atoms. The molecule has 0 aliphatic carbocycles. The number of fused-ring (bicyclic) bond motifs is 1. The Bertz CT molecular complexity index is 951. The summed E-state index contributed by atoms with van der Waals surface area (Å²) in [4.78, 5) is 11.0. The number of nitrogens with zero attached hydrogens (tertiary/aromatic N) is 3. The van der Waals surface area contributed by atoms with Crippen molar-refractivity contribution in [2.75, 3.05) is 0 Å². The molecule has 0 saturated heterocycles. The van der Waals surface area contributed by atoms with Crippen LogP contribution in [0.4, 0.5) is 13.2 Å². The minimum Gasteiger partial charge on any atom is -0.298 e. The zero-order chi connectivity index (χ0) is 16.6. The number of halogens is 3. The highest BCUT2D eigenvalue weighted by atomic mass is 19.4. The molecule has 0 spiro atoms. The average Bonchev–Trinajstić information content (AvgIpc) is 2.97. The number of carbonyl (C=O) groups is 1. The molecule has 0 radical (unpaired) electrons. The predicted octanol–water partition coefficient (Wildman–Crippen LogP) is 3.73. The molecule has 1 aromatic heterocycles. The van der Waals surface area contributed by atoms with E-state index in [1.165, 1.54) is 18.3 Å². The van der Waals surface area contributed by atoms with Crippen LogP contribution in [0.25, 0.3) is 16.6 Å². The fourth-order valence-corrected chi connectivity index (χ4v) is 2.32. The van der Waals surface area contributed by atoms with E-state index in [-0.39, 0.29) is 11.3 Å². The van der Waals surface area contributed by atoms with Crippen LogP contribution >= 0.6 is 0 Å². The van der Waals surface area contributed by atoms with E-state index in [1.54, 1.807) is 24.3 Å². The molecule has 2 aromatic carbocycles. The van der Waals surface area contributed by atoms with Crippen molar-refractivity contribution in [3.8, 4) is 11.8 Å². The van der Waals surface area contributed by atoms with Crippen molar-refractivity contribution in [2.24, 2.45) is 0 Å². The quantitative estimate of drug-likeness (QED) is 0.677. The first-order valence-corrected chi connectivity index (χ1v) is 6.49. The molecular formula is C16H8F3N3O. The van der Waals surface area contributed by atoms with Crippen molar-refractivity contribution in [3.05, 3.63) is 59.3 Å². The molecule has 3 aromatic rings. The number of benzene rings is 2. The number of aldehydes is 1. The monoisotopic (exact) mass is 315 g/mol. The number of nitriles is 1. The fraction of sp³-hybridized carbons (Fsp3) is 0.0625. The highest BCUT2D eigenvalue weighted by Crippen LogP contribution is 2.35. The molecule has 0 unspecified atom stereocenters. The highest BCUT2D eigenvalue weighted by Gasteiger charge is 2.34. The lowest BCUT2D eigenvalue weighted by atomic mass is 10.1. The number of rotatable bonds is 2. The average molecular weight is 315 g/mol. The summed E-state index contributed by atoms with van der Waals surface area (Å²) in [6.07, 6.45) is -2.64. The van der Waals surface area contributed by atoms with Crippen molar-refractivity contribution in [2.45, 2.75) is 6.18 Å². The van der Waals surface area contributed by atoms with Gasteiger partial charge < -0.3 is 0 Å². The number of alkyl halides is 3. The third-order valence-corrected chi connectivity index (χ3v) is 3.39. The van der Waals surface area contributed by atoms with Gasteiger partial charge in [0.25, 0.3) is 0 Å². The first-order valence-electron chi connectivity index (χ1n) is 6.49. The third-order valence-electron chi connectivity index (χ3n) is 3.39. The zero-order valence-corrected chi connectivity index (χ0v) is 11.5. The van der Waals surface area contributed by atoms with Gasteiger partial charge in [0.05, 0.1) is 28.4 Å². The molecule has 0 N–H and O–H groups in total. The molecule has 0 fully saturated rings. The van der Waals surface area contributed by atoms with E-state index in [1.807, 2.05) is 0 Å². The van der Waals surface area contributed by atoms with Gasteiger partial charge in [0.1, 0.15) is 0 Å². The highest BCUT2D eigenvalue weighted by molar-refractivity contribution is 5.96. The zero-order valence-electron chi connectivity index (χ0n) is 11.5. The first kappa shape index (κ1) is 14.8. The standard InChI is InChI=1S/C16H8F3N3O/c17-16(18,19)13-6-10(7-20)4-5-15(13)22-8-12-11(9-23)2-1-3-14(12)21-22/h1-6,8-9H. The second-order valence-corrected chi connectivity index (χ2v) is 4.81. The van der Waals surface area contributed by atoms with Gasteiger partial charge in [-0.1, -0.05) is 12.1 Å². The Balaban J connectivity index is 2.27. The van der Waals surface area contributed by atoms with Gasteiger partial charge in [0.15, 0.2) is 6.29 Å². The van der Waals surface area contributed by atoms with Crippen molar-refractivity contribution in [3.63, 3.8) is 0 Å². The van der Waals surface area contributed by atoms with E-state index < -0.39 is 11.7 Å². The van der Waals surface area contributed by atoms with Crippen LogP contribution in [0, 0.1) is 11.3 Å². The number of carbonyl (C=O) groups excluding carboxylic acids is 1. The summed E-state index contributed by atoms with van der Waals surface area (Å²) in [7, 11) is 0. The summed E-state index contributed by atoms with van der Waals surface area (Å²) in [5.74, 6) is 0. The maximum atomic E-state index is 13.2. The van der Waals surface area contributed by atoms with Gasteiger partial charge in [-0.05, 0) is 24.3 Å². The fourth-order valence-electron chi connectivity index (χ4n) is 2.32. The molecule has 1 heterocycles. The topological polar surface area (TPSA) is 58.7 Å². The molecule has 0 amide bonds. The molecule has 114 valence electrons. The van der Waals surface area contributed by atoms with Crippen LogP contribution in [0.1, 0.15) is 21.5 Å². The van der Waals surface area contributed by atoms with E-state index >= 15 is 0 Å². The van der Waals surface area contributed by atoms with E-state index in [0.29, 0.717) is 22.8 Å². The summed E-state index contributed by atoms with van der Waals surface area (Å²) in [5, 5.41) is 13.3. The Hall–Kier alpha value is -3.14. The lowest BCUT2D eigenvalue weighted by molar-refractivity contribution is -0.137. The third kappa shape index (κ3) is 2.55. The maximum absolute atomic E-state index is 13.2. The molecular weight excluding hydrogens is 307 g/mol. The van der Waals surface area contributed by atoms with E-state index in [9.17, 15) is 18.0 Å². The van der Waals surface area contributed by atoms with Gasteiger partial charge >= 0.3 is 6.18 Å². The molecule has 3 rings (SSSR count). The van der Waals surface area contributed by atoms with Crippen LogP contribution in [0.15, 0.2) is 42.6 Å². The lowest BCUT2D eigenvalue weighted by Gasteiger charge is -2.12. The molecule has 4 nitrogen and oxygen atoms in total. The summed E-state index contributed by atoms with van der Waals surface area (Å²) < 4.78 is 40.8. The summed E-state index contributed by atoms with van der Waals surface area (Å²) in [5.41, 5.74) is -0.504. The maximum Gasteiger partial charge on any atom is 0.418 e. The van der Waals surface area contributed by atoms with Gasteiger partial charge in [-0.25, -0.2) is 4.68 Å². The number of aromatic nitrogens is 2. The second-order valence-electron chi connectivity index (χ2n) is 4.81. The minimum absolute atomic E-state index is 0.0913. The van der Waals surface area contributed by atoms with Crippen molar-refractivity contribution in [1.29, 1.82) is 5.26 Å². The Morgan fingerprint density at radius 1 is 1.22 bits per heavy atom. The number of hydrogen-bond donors (Lipinski definition) is 0. The summed E-state index contributed by atoms with van der Waals surface area (Å²) >= 11 is 0. The largest absolute Gasteiger partial charge is 0.418 e. The van der Waals surface area contributed by atoms with Crippen LogP contribution in [0.5, 0.6) is 0 Å². The first-order chi connectivity index (χ1) is 10.9. The van der Waals surface area contributed by atoms with Crippen LogP contribution < -0.4 is 0 Å². The molecule has 23 heavy (non-hydrogen) atoms. The molecule has 0 saturated carbocycles. The Kier molecular flexibility index (Phi) is 3.37. The van der Waals surface area contributed by atoms with Crippen LogP contribution in [0.2, 0.25) is 0 Å². The van der Waals surface area contributed by atoms with Gasteiger partial charge in [0.2, 0.25) is 0 Å². The summed E-state index contributed by atoms with van der Waals surface area (Å²) in [6.45, 7) is 0. The van der Waals surface area contributed by atoms with Crippen molar-refractivity contribution < 1.29 is 18.0 Å². The predicted molar refractivity (Wildman–Crippen MR) is 76.2 cm³/mol. The smallest absolute Gasteiger partial charge is 0.298 e. The second kappa shape index (κ2) is 5.25. The normalized spacial score (nSPS) is 11.4. The lowest BCUT2D eigenvalue weighted by Crippen LogP contribution is -2.11. The van der Waals surface area contributed by atoms with Gasteiger partial charge in [0, 0.05) is 17.1 Å². The molecule has 0 aliphatic heterocycles. The van der Waals surface area contributed by atoms with Gasteiger partial charge in [-0.3, -0.25) is 4.79 Å². The van der Waals surface area contributed by atoms with Gasteiger partial charge in [-0.15, -0.1) is 0 Å². The van der Waals surface area contributed by atoms with E-state index in [0.717, 1.165) is 10.7 Å². The minimum atomic E-state index is -4.63. The van der Waals surface area contributed by atoms with Crippen LogP contribution in [0.3, 0.4) is 0 Å². The molecule has 7 heteroatoms.